The van der Waals surface area contributed by atoms with E-state index in [1.165, 1.54) is 12.0 Å². The molecule has 4 nitrogen and oxygen atoms in total. The maximum Gasteiger partial charge on any atom is 0.269 e. The van der Waals surface area contributed by atoms with Crippen molar-refractivity contribution in [3.8, 4) is 0 Å². The van der Waals surface area contributed by atoms with Crippen LogP contribution in [0, 0.1) is 10.1 Å². The van der Waals surface area contributed by atoms with E-state index < -0.39 is 0 Å². The molecule has 2 bridgehead atoms. The molecule has 2 unspecified atom stereocenters. The van der Waals surface area contributed by atoms with Crippen molar-refractivity contribution in [3.63, 3.8) is 0 Å². The van der Waals surface area contributed by atoms with Crippen molar-refractivity contribution in [1.82, 2.24) is 5.32 Å². The van der Waals surface area contributed by atoms with Crippen LogP contribution in [0.4, 0.5) is 5.69 Å². The number of nitro benzene ring substituents is 1. The molecule has 2 heterocycles. The van der Waals surface area contributed by atoms with Gasteiger partial charge in [0.2, 0.25) is 0 Å². The van der Waals surface area contributed by atoms with Crippen molar-refractivity contribution < 1.29 is 4.92 Å². The molecular weight excluding hydrogens is 192 g/mol. The number of nitrogens with one attached hydrogen (secondary N) is 1. The third-order valence-corrected chi connectivity index (χ3v) is 3.42. The minimum atomic E-state index is -0.317. The monoisotopic (exact) mass is 204 g/mol. The van der Waals surface area contributed by atoms with Crippen LogP contribution in [0.25, 0.3) is 0 Å². The molecule has 1 N–H and O–H groups in total. The molecule has 2 atom stereocenters. The minimum absolute atomic E-state index is 0.211. The third-order valence-electron chi connectivity index (χ3n) is 3.42. The van der Waals surface area contributed by atoms with Crippen LogP contribution in [-0.4, -0.2) is 4.92 Å². The van der Waals surface area contributed by atoms with E-state index in [9.17, 15) is 10.1 Å². The quantitative estimate of drug-likeness (QED) is 0.564. The number of rotatable bonds is 1. The van der Waals surface area contributed by atoms with Gasteiger partial charge in [-0.1, -0.05) is 6.07 Å². The zero-order chi connectivity index (χ0) is 10.4. The first-order valence-corrected chi connectivity index (χ1v) is 5.30. The normalized spacial score (nSPS) is 27.5. The Balaban J connectivity index is 2.10. The summed E-state index contributed by atoms with van der Waals surface area (Å²) in [6.45, 7) is 0. The second kappa shape index (κ2) is 3.03. The Morgan fingerprint density at radius 3 is 2.73 bits per heavy atom. The predicted octanol–water partition coefficient (Wildman–Crippen LogP) is 2.46. The van der Waals surface area contributed by atoms with E-state index in [0.717, 1.165) is 18.4 Å². The molecule has 78 valence electrons. The summed E-state index contributed by atoms with van der Waals surface area (Å²) in [5.74, 6) is 0. The highest BCUT2D eigenvalue weighted by atomic mass is 16.6. The van der Waals surface area contributed by atoms with Crippen LogP contribution >= 0.6 is 0 Å². The fourth-order valence-corrected chi connectivity index (χ4v) is 2.72. The summed E-state index contributed by atoms with van der Waals surface area (Å²) in [6.07, 6.45) is 3.47. The van der Waals surface area contributed by atoms with E-state index in [2.05, 4.69) is 5.32 Å². The SMILES string of the molecule is O=[N+]([O-])c1ccc2c(c1)C1CCCC2N1. The summed E-state index contributed by atoms with van der Waals surface area (Å²) < 4.78 is 0. The van der Waals surface area contributed by atoms with Gasteiger partial charge in [-0.2, -0.15) is 0 Å². The van der Waals surface area contributed by atoms with Gasteiger partial charge in [0, 0.05) is 24.2 Å². The predicted molar refractivity (Wildman–Crippen MR) is 55.6 cm³/mol. The maximum atomic E-state index is 10.7. The van der Waals surface area contributed by atoms with Gasteiger partial charge in [-0.3, -0.25) is 10.1 Å². The van der Waals surface area contributed by atoms with Gasteiger partial charge in [0.15, 0.2) is 0 Å². The van der Waals surface area contributed by atoms with Crippen molar-refractivity contribution in [2.24, 2.45) is 0 Å². The molecule has 1 aromatic carbocycles. The van der Waals surface area contributed by atoms with Crippen molar-refractivity contribution in [2.45, 2.75) is 31.3 Å². The number of nitro groups is 1. The molecule has 0 saturated carbocycles. The lowest BCUT2D eigenvalue weighted by Gasteiger charge is -2.20. The van der Waals surface area contributed by atoms with Crippen LogP contribution in [0.5, 0.6) is 0 Å². The van der Waals surface area contributed by atoms with Gasteiger partial charge in [0.1, 0.15) is 0 Å². The molecule has 0 aromatic heterocycles. The van der Waals surface area contributed by atoms with Gasteiger partial charge in [0.25, 0.3) is 5.69 Å². The first-order valence-electron chi connectivity index (χ1n) is 5.30. The number of hydrogen-bond donors (Lipinski definition) is 1. The van der Waals surface area contributed by atoms with Gasteiger partial charge in [-0.15, -0.1) is 0 Å². The summed E-state index contributed by atoms with van der Waals surface area (Å²) in [4.78, 5) is 10.4. The Labute approximate surface area is 87.4 Å². The van der Waals surface area contributed by atoms with Gasteiger partial charge in [-0.05, 0) is 30.4 Å². The number of piperidine rings is 1. The van der Waals surface area contributed by atoms with Crippen molar-refractivity contribution in [2.75, 3.05) is 0 Å². The van der Waals surface area contributed by atoms with E-state index in [1.807, 2.05) is 6.07 Å². The van der Waals surface area contributed by atoms with Gasteiger partial charge in [-0.25, -0.2) is 0 Å². The number of nitrogens with zero attached hydrogens (tertiary/aromatic N) is 1. The molecular formula is C11H12N2O2. The Kier molecular flexibility index (Phi) is 1.79. The molecule has 1 saturated heterocycles. The molecule has 0 amide bonds. The standard InChI is InChI=1S/C11H12N2O2/c14-13(15)7-4-5-8-9(6-7)11-3-1-2-10(8)12-11/h4-6,10-12H,1-3H2. The molecule has 1 aromatic rings. The average molecular weight is 204 g/mol. The lowest BCUT2D eigenvalue weighted by Crippen LogP contribution is -2.22. The molecule has 0 aliphatic carbocycles. The molecule has 2 aliphatic heterocycles. The van der Waals surface area contributed by atoms with Gasteiger partial charge >= 0.3 is 0 Å². The first kappa shape index (κ1) is 8.85. The topological polar surface area (TPSA) is 55.2 Å². The Hall–Kier alpha value is -1.42. The number of hydrogen-bond acceptors (Lipinski definition) is 3. The zero-order valence-electron chi connectivity index (χ0n) is 8.27. The Morgan fingerprint density at radius 1 is 1.27 bits per heavy atom. The molecule has 3 rings (SSSR count). The van der Waals surface area contributed by atoms with Crippen LogP contribution in [0.15, 0.2) is 18.2 Å². The molecule has 1 fully saturated rings. The van der Waals surface area contributed by atoms with Crippen molar-refractivity contribution >= 4 is 5.69 Å². The maximum absolute atomic E-state index is 10.7. The summed E-state index contributed by atoms with van der Waals surface area (Å²) in [7, 11) is 0. The summed E-state index contributed by atoms with van der Waals surface area (Å²) in [5, 5.41) is 14.2. The highest BCUT2D eigenvalue weighted by Crippen LogP contribution is 2.43. The molecule has 4 heteroatoms. The average Bonchev–Trinajstić information content (AvgIpc) is 2.51. The number of benzene rings is 1. The van der Waals surface area contributed by atoms with Crippen molar-refractivity contribution in [1.29, 1.82) is 0 Å². The summed E-state index contributed by atoms with van der Waals surface area (Å²) >= 11 is 0. The van der Waals surface area contributed by atoms with Crippen LogP contribution in [-0.2, 0) is 0 Å². The van der Waals surface area contributed by atoms with E-state index in [4.69, 9.17) is 0 Å². The van der Waals surface area contributed by atoms with Crippen LogP contribution in [0.1, 0.15) is 42.5 Å². The van der Waals surface area contributed by atoms with Crippen LogP contribution in [0.2, 0.25) is 0 Å². The summed E-state index contributed by atoms with van der Waals surface area (Å²) in [6, 6.07) is 6.04. The second-order valence-electron chi connectivity index (χ2n) is 4.27. The molecule has 0 radical (unpaired) electrons. The number of fused-ring (bicyclic) bond motifs is 5. The lowest BCUT2D eigenvalue weighted by atomic mass is 10.0. The van der Waals surface area contributed by atoms with Gasteiger partial charge < -0.3 is 5.32 Å². The smallest absolute Gasteiger partial charge is 0.269 e. The molecule has 15 heavy (non-hydrogen) atoms. The fraction of sp³-hybridized carbons (Fsp3) is 0.455. The molecule has 0 spiro atoms. The highest BCUT2D eigenvalue weighted by molar-refractivity contribution is 5.46. The third kappa shape index (κ3) is 1.25. The zero-order valence-corrected chi connectivity index (χ0v) is 8.27. The Bertz CT molecular complexity index is 431. The second-order valence-corrected chi connectivity index (χ2v) is 4.27. The van der Waals surface area contributed by atoms with Crippen LogP contribution in [0.3, 0.4) is 0 Å². The largest absolute Gasteiger partial charge is 0.303 e. The minimum Gasteiger partial charge on any atom is -0.303 e. The number of non-ortho nitro benzene ring substituents is 1. The van der Waals surface area contributed by atoms with Crippen LogP contribution < -0.4 is 5.32 Å². The molecule has 2 aliphatic rings. The van der Waals surface area contributed by atoms with E-state index in [-0.39, 0.29) is 10.6 Å². The van der Waals surface area contributed by atoms with Crippen molar-refractivity contribution in [3.05, 3.63) is 39.4 Å². The first-order chi connectivity index (χ1) is 7.25. The Morgan fingerprint density at radius 2 is 2.00 bits per heavy atom. The fourth-order valence-electron chi connectivity index (χ4n) is 2.72. The van der Waals surface area contributed by atoms with E-state index in [1.54, 1.807) is 12.1 Å². The summed E-state index contributed by atoms with van der Waals surface area (Å²) in [5.41, 5.74) is 2.62. The van der Waals surface area contributed by atoms with Gasteiger partial charge in [0.05, 0.1) is 4.92 Å². The van der Waals surface area contributed by atoms with E-state index in [0.29, 0.717) is 12.1 Å². The lowest BCUT2D eigenvalue weighted by molar-refractivity contribution is -0.384. The highest BCUT2D eigenvalue weighted by Gasteiger charge is 2.34. The van der Waals surface area contributed by atoms with E-state index >= 15 is 0 Å².